The van der Waals surface area contributed by atoms with Crippen LogP contribution in [-0.4, -0.2) is 12.5 Å². The van der Waals surface area contributed by atoms with Crippen molar-refractivity contribution in [1.82, 2.24) is 5.32 Å². The van der Waals surface area contributed by atoms with Gasteiger partial charge in [0.15, 0.2) is 0 Å². The van der Waals surface area contributed by atoms with E-state index in [-0.39, 0.29) is 11.8 Å². The van der Waals surface area contributed by atoms with Crippen molar-refractivity contribution in [2.45, 2.75) is 25.7 Å². The summed E-state index contributed by atoms with van der Waals surface area (Å²) >= 11 is 0. The van der Waals surface area contributed by atoms with Gasteiger partial charge >= 0.3 is 0 Å². The highest BCUT2D eigenvalue weighted by Crippen LogP contribution is 2.47. The van der Waals surface area contributed by atoms with Crippen molar-refractivity contribution in [3.8, 4) is 0 Å². The monoisotopic (exact) mass is 279 g/mol. The van der Waals surface area contributed by atoms with Gasteiger partial charge in [-0.2, -0.15) is 0 Å². The normalized spacial score (nSPS) is 20.0. The van der Waals surface area contributed by atoms with Crippen LogP contribution < -0.4 is 5.32 Å². The zero-order chi connectivity index (χ0) is 14.7. The summed E-state index contributed by atoms with van der Waals surface area (Å²) in [5.41, 5.74) is 3.84. The SMILES string of the molecule is Cc1cccc(CCNC(=O)C2CC2c2ccccc2)c1. The molecule has 1 saturated carbocycles. The second-order valence-corrected chi connectivity index (χ2v) is 5.89. The first-order chi connectivity index (χ1) is 10.2. The van der Waals surface area contributed by atoms with Gasteiger partial charge in [-0.1, -0.05) is 60.2 Å². The minimum absolute atomic E-state index is 0.171. The first-order valence-corrected chi connectivity index (χ1v) is 7.62. The molecule has 2 aromatic carbocycles. The third kappa shape index (κ3) is 3.52. The van der Waals surface area contributed by atoms with E-state index in [9.17, 15) is 4.79 Å². The highest BCUT2D eigenvalue weighted by atomic mass is 16.2. The van der Waals surface area contributed by atoms with Crippen LogP contribution in [0.1, 0.15) is 29.0 Å². The smallest absolute Gasteiger partial charge is 0.223 e. The van der Waals surface area contributed by atoms with Gasteiger partial charge < -0.3 is 5.32 Å². The zero-order valence-electron chi connectivity index (χ0n) is 12.4. The highest BCUT2D eigenvalue weighted by Gasteiger charge is 2.43. The van der Waals surface area contributed by atoms with E-state index in [1.807, 2.05) is 18.2 Å². The average Bonchev–Trinajstić information content (AvgIpc) is 3.29. The first kappa shape index (κ1) is 13.9. The van der Waals surface area contributed by atoms with E-state index in [1.54, 1.807) is 0 Å². The van der Waals surface area contributed by atoms with Gasteiger partial charge in [-0.05, 0) is 36.8 Å². The maximum absolute atomic E-state index is 12.1. The Labute approximate surface area is 126 Å². The second kappa shape index (κ2) is 6.13. The standard InChI is InChI=1S/C19H21NO/c1-14-6-5-7-15(12-14)10-11-20-19(21)18-13-17(18)16-8-3-2-4-9-16/h2-9,12,17-18H,10-11,13H2,1H3,(H,20,21). The molecule has 21 heavy (non-hydrogen) atoms. The summed E-state index contributed by atoms with van der Waals surface area (Å²) in [5.74, 6) is 0.798. The predicted octanol–water partition coefficient (Wildman–Crippen LogP) is 3.46. The fourth-order valence-electron chi connectivity index (χ4n) is 2.88. The number of hydrogen-bond acceptors (Lipinski definition) is 1. The number of carbonyl (C=O) groups excluding carboxylic acids is 1. The Morgan fingerprint density at radius 1 is 1.14 bits per heavy atom. The Kier molecular flexibility index (Phi) is 4.05. The molecule has 1 aliphatic carbocycles. The van der Waals surface area contributed by atoms with Crippen LogP contribution in [0.2, 0.25) is 0 Å². The van der Waals surface area contributed by atoms with Gasteiger partial charge in [0.1, 0.15) is 0 Å². The number of aryl methyl sites for hydroxylation is 1. The fourth-order valence-corrected chi connectivity index (χ4v) is 2.88. The molecule has 3 rings (SSSR count). The van der Waals surface area contributed by atoms with Gasteiger partial charge in [0.25, 0.3) is 0 Å². The van der Waals surface area contributed by atoms with Crippen molar-refractivity contribution < 1.29 is 4.79 Å². The summed E-state index contributed by atoms with van der Waals surface area (Å²) in [6, 6.07) is 18.8. The molecule has 2 aromatic rings. The van der Waals surface area contributed by atoms with Crippen molar-refractivity contribution in [2.75, 3.05) is 6.54 Å². The second-order valence-electron chi connectivity index (χ2n) is 5.89. The van der Waals surface area contributed by atoms with E-state index in [2.05, 4.69) is 48.6 Å². The Morgan fingerprint density at radius 3 is 2.71 bits per heavy atom. The predicted molar refractivity (Wildman–Crippen MR) is 85.2 cm³/mol. The van der Waals surface area contributed by atoms with Crippen LogP contribution in [0.15, 0.2) is 54.6 Å². The molecular weight excluding hydrogens is 258 g/mol. The molecule has 1 aliphatic rings. The molecule has 1 amide bonds. The number of hydrogen-bond donors (Lipinski definition) is 1. The van der Waals surface area contributed by atoms with E-state index < -0.39 is 0 Å². The molecule has 0 saturated heterocycles. The van der Waals surface area contributed by atoms with E-state index in [0.717, 1.165) is 19.4 Å². The molecule has 1 fully saturated rings. The lowest BCUT2D eigenvalue weighted by Crippen LogP contribution is -2.27. The molecular formula is C19H21NO. The van der Waals surface area contributed by atoms with Crippen LogP contribution in [-0.2, 0) is 11.2 Å². The first-order valence-electron chi connectivity index (χ1n) is 7.62. The van der Waals surface area contributed by atoms with Crippen LogP contribution in [0.25, 0.3) is 0 Å². The van der Waals surface area contributed by atoms with Gasteiger partial charge in [0, 0.05) is 12.5 Å². The van der Waals surface area contributed by atoms with Gasteiger partial charge in [0.05, 0.1) is 0 Å². The van der Waals surface area contributed by atoms with Crippen LogP contribution >= 0.6 is 0 Å². The van der Waals surface area contributed by atoms with E-state index >= 15 is 0 Å². The molecule has 1 N–H and O–H groups in total. The van der Waals surface area contributed by atoms with Crippen molar-refractivity contribution in [1.29, 1.82) is 0 Å². The molecule has 0 bridgehead atoms. The van der Waals surface area contributed by atoms with Crippen LogP contribution in [0.3, 0.4) is 0 Å². The third-order valence-corrected chi connectivity index (χ3v) is 4.15. The van der Waals surface area contributed by atoms with Gasteiger partial charge in [-0.3, -0.25) is 4.79 Å². The molecule has 2 atom stereocenters. The highest BCUT2D eigenvalue weighted by molar-refractivity contribution is 5.82. The van der Waals surface area contributed by atoms with Gasteiger partial charge in [0.2, 0.25) is 5.91 Å². The lowest BCUT2D eigenvalue weighted by molar-refractivity contribution is -0.122. The molecule has 0 spiro atoms. The van der Waals surface area contributed by atoms with Crippen molar-refractivity contribution >= 4 is 5.91 Å². The van der Waals surface area contributed by atoms with Gasteiger partial charge in [-0.25, -0.2) is 0 Å². The number of rotatable bonds is 5. The summed E-state index contributed by atoms with van der Waals surface area (Å²) in [5, 5.41) is 3.07. The van der Waals surface area contributed by atoms with E-state index in [1.165, 1.54) is 16.7 Å². The number of carbonyl (C=O) groups is 1. The maximum atomic E-state index is 12.1. The summed E-state index contributed by atoms with van der Waals surface area (Å²) in [6.07, 6.45) is 1.89. The zero-order valence-corrected chi connectivity index (χ0v) is 12.4. The summed E-state index contributed by atoms with van der Waals surface area (Å²) in [7, 11) is 0. The Hall–Kier alpha value is -2.09. The third-order valence-electron chi connectivity index (χ3n) is 4.15. The molecule has 2 unspecified atom stereocenters. The quantitative estimate of drug-likeness (QED) is 0.892. The Balaban J connectivity index is 1.46. The molecule has 0 aromatic heterocycles. The van der Waals surface area contributed by atoms with Crippen LogP contribution in [0, 0.1) is 12.8 Å². The number of amides is 1. The molecule has 2 nitrogen and oxygen atoms in total. The maximum Gasteiger partial charge on any atom is 0.223 e. The lowest BCUT2D eigenvalue weighted by Gasteiger charge is -2.06. The summed E-state index contributed by atoms with van der Waals surface area (Å²) in [4.78, 5) is 12.1. The van der Waals surface area contributed by atoms with Crippen molar-refractivity contribution in [2.24, 2.45) is 5.92 Å². The fraction of sp³-hybridized carbons (Fsp3) is 0.316. The van der Waals surface area contributed by atoms with E-state index in [0.29, 0.717) is 5.92 Å². The minimum Gasteiger partial charge on any atom is -0.356 e. The molecule has 0 radical (unpaired) electrons. The molecule has 0 aliphatic heterocycles. The minimum atomic E-state index is 0.171. The van der Waals surface area contributed by atoms with Crippen molar-refractivity contribution in [3.63, 3.8) is 0 Å². The summed E-state index contributed by atoms with van der Waals surface area (Å²) < 4.78 is 0. The lowest BCUT2D eigenvalue weighted by atomic mass is 10.1. The Bertz CT molecular complexity index is 620. The van der Waals surface area contributed by atoms with Crippen LogP contribution in [0.5, 0.6) is 0 Å². The average molecular weight is 279 g/mol. The number of nitrogens with one attached hydrogen (secondary N) is 1. The van der Waals surface area contributed by atoms with Crippen molar-refractivity contribution in [3.05, 3.63) is 71.3 Å². The Morgan fingerprint density at radius 2 is 1.95 bits per heavy atom. The largest absolute Gasteiger partial charge is 0.356 e. The molecule has 108 valence electrons. The van der Waals surface area contributed by atoms with Crippen LogP contribution in [0.4, 0.5) is 0 Å². The number of benzene rings is 2. The topological polar surface area (TPSA) is 29.1 Å². The van der Waals surface area contributed by atoms with E-state index in [4.69, 9.17) is 0 Å². The summed E-state index contributed by atoms with van der Waals surface area (Å²) in [6.45, 7) is 2.82. The molecule has 2 heteroatoms. The van der Waals surface area contributed by atoms with Gasteiger partial charge in [-0.15, -0.1) is 0 Å². The molecule has 0 heterocycles.